The summed E-state index contributed by atoms with van der Waals surface area (Å²) < 4.78 is 0. The summed E-state index contributed by atoms with van der Waals surface area (Å²) in [5.41, 5.74) is 2.93. The van der Waals surface area contributed by atoms with E-state index in [4.69, 9.17) is 0 Å². The zero-order valence-corrected chi connectivity index (χ0v) is 15.7. The van der Waals surface area contributed by atoms with Crippen LogP contribution >= 0.6 is 0 Å². The van der Waals surface area contributed by atoms with Gasteiger partial charge in [0.05, 0.1) is 0 Å². The van der Waals surface area contributed by atoms with Gasteiger partial charge in [-0.05, 0) is 37.1 Å². The molecule has 6 heteroatoms. The Morgan fingerprint density at radius 3 is 2.15 bits per heavy atom. The Bertz CT molecular complexity index is 801. The molecule has 0 aliphatic heterocycles. The average molecular weight is 367 g/mol. The predicted octanol–water partition coefficient (Wildman–Crippen LogP) is 3.99. The van der Waals surface area contributed by atoms with Crippen LogP contribution < -0.4 is 16.0 Å². The molecule has 0 aliphatic carbocycles. The topological polar surface area (TPSA) is 87.3 Å². The smallest absolute Gasteiger partial charge is 0.319 e. The molecule has 0 saturated heterocycles. The first-order valence-corrected chi connectivity index (χ1v) is 9.08. The monoisotopic (exact) mass is 367 g/mol. The summed E-state index contributed by atoms with van der Waals surface area (Å²) in [6.07, 6.45) is 1.17. The highest BCUT2D eigenvalue weighted by atomic mass is 16.2. The quantitative estimate of drug-likeness (QED) is 0.617. The highest BCUT2D eigenvalue weighted by Crippen LogP contribution is 2.16. The van der Waals surface area contributed by atoms with Crippen LogP contribution in [0.3, 0.4) is 0 Å². The number of benzene rings is 2. The van der Waals surface area contributed by atoms with Gasteiger partial charge in [-0.15, -0.1) is 0 Å². The lowest BCUT2D eigenvalue weighted by atomic mass is 10.0. The molecule has 0 radical (unpaired) electrons. The second-order valence-corrected chi connectivity index (χ2v) is 6.09. The number of aryl methyl sites for hydroxylation is 1. The van der Waals surface area contributed by atoms with Crippen molar-refractivity contribution in [2.75, 3.05) is 17.2 Å². The van der Waals surface area contributed by atoms with Crippen LogP contribution in [0.2, 0.25) is 0 Å². The molecule has 0 heterocycles. The van der Waals surface area contributed by atoms with E-state index >= 15 is 0 Å². The van der Waals surface area contributed by atoms with Crippen LogP contribution in [-0.2, 0) is 11.2 Å². The Hall–Kier alpha value is -3.15. The fourth-order valence-corrected chi connectivity index (χ4v) is 2.53. The van der Waals surface area contributed by atoms with Gasteiger partial charge >= 0.3 is 6.03 Å². The first-order chi connectivity index (χ1) is 13.0. The van der Waals surface area contributed by atoms with Crippen molar-refractivity contribution in [3.63, 3.8) is 0 Å². The Kier molecular flexibility index (Phi) is 7.55. The maximum absolute atomic E-state index is 12.2. The second kappa shape index (κ2) is 10.1. The second-order valence-electron chi connectivity index (χ2n) is 6.09. The van der Waals surface area contributed by atoms with Gasteiger partial charge < -0.3 is 16.0 Å². The summed E-state index contributed by atoms with van der Waals surface area (Å²) in [5, 5.41) is 8.07. The summed E-state index contributed by atoms with van der Waals surface area (Å²) in [6, 6.07) is 14.0. The third-order valence-corrected chi connectivity index (χ3v) is 4.00. The molecular weight excluding hydrogens is 342 g/mol. The maximum Gasteiger partial charge on any atom is 0.319 e. The molecule has 0 bridgehead atoms. The number of nitrogens with one attached hydrogen (secondary N) is 3. The molecule has 0 spiro atoms. The van der Waals surface area contributed by atoms with E-state index in [2.05, 4.69) is 22.9 Å². The summed E-state index contributed by atoms with van der Waals surface area (Å²) in [5.74, 6) is -0.303. The number of Topliss-reactive ketones (excluding diaryl/α,β-unsaturated/α-hetero) is 1. The van der Waals surface area contributed by atoms with E-state index in [-0.39, 0.29) is 30.6 Å². The number of carbonyl (C=O) groups is 3. The molecule has 142 valence electrons. The standard InChI is InChI=1S/C21H25N3O3/c1-3-15-8-10-16(11-9-15)19(25)12-13-20(26)23-17-6-5-7-18(14-17)24-21(27)22-4-2/h5-11,14H,3-4,12-13H2,1-2H3,(H,23,26)(H2,22,24,27). The summed E-state index contributed by atoms with van der Waals surface area (Å²) in [7, 11) is 0. The molecule has 6 nitrogen and oxygen atoms in total. The number of anilines is 2. The van der Waals surface area contributed by atoms with Gasteiger partial charge in [0.15, 0.2) is 5.78 Å². The van der Waals surface area contributed by atoms with E-state index in [1.54, 1.807) is 36.4 Å². The molecule has 2 rings (SSSR count). The van der Waals surface area contributed by atoms with Crippen LogP contribution in [0.1, 0.15) is 42.6 Å². The van der Waals surface area contributed by atoms with Crippen molar-refractivity contribution in [3.8, 4) is 0 Å². The first-order valence-electron chi connectivity index (χ1n) is 9.08. The number of amides is 3. The maximum atomic E-state index is 12.2. The summed E-state index contributed by atoms with van der Waals surface area (Å²) >= 11 is 0. The average Bonchev–Trinajstić information content (AvgIpc) is 2.66. The van der Waals surface area contributed by atoms with Crippen molar-refractivity contribution in [2.45, 2.75) is 33.1 Å². The van der Waals surface area contributed by atoms with Crippen LogP contribution in [0.15, 0.2) is 48.5 Å². The number of ketones is 1. The van der Waals surface area contributed by atoms with Crippen LogP contribution in [0, 0.1) is 0 Å². The van der Waals surface area contributed by atoms with Gasteiger partial charge in [0.1, 0.15) is 0 Å². The van der Waals surface area contributed by atoms with Gasteiger partial charge in [0.25, 0.3) is 0 Å². The number of urea groups is 1. The zero-order chi connectivity index (χ0) is 19.6. The van der Waals surface area contributed by atoms with Gasteiger partial charge in [-0.25, -0.2) is 4.79 Å². The Labute approximate surface area is 159 Å². The van der Waals surface area contributed by atoms with E-state index in [9.17, 15) is 14.4 Å². The van der Waals surface area contributed by atoms with Crippen LogP contribution in [0.4, 0.5) is 16.2 Å². The van der Waals surface area contributed by atoms with Crippen molar-refractivity contribution in [1.82, 2.24) is 5.32 Å². The third kappa shape index (κ3) is 6.58. The van der Waals surface area contributed by atoms with E-state index in [0.29, 0.717) is 23.5 Å². The van der Waals surface area contributed by atoms with E-state index in [1.165, 1.54) is 5.56 Å². The fraction of sp³-hybridized carbons (Fsp3) is 0.286. The van der Waals surface area contributed by atoms with Crippen molar-refractivity contribution < 1.29 is 14.4 Å². The van der Waals surface area contributed by atoms with Crippen LogP contribution in [0.5, 0.6) is 0 Å². The van der Waals surface area contributed by atoms with Crippen molar-refractivity contribution in [1.29, 1.82) is 0 Å². The van der Waals surface area contributed by atoms with Gasteiger partial charge in [-0.2, -0.15) is 0 Å². The van der Waals surface area contributed by atoms with Crippen molar-refractivity contribution in [2.24, 2.45) is 0 Å². The molecule has 3 amide bonds. The van der Waals surface area contributed by atoms with Gasteiger partial charge in [0, 0.05) is 36.3 Å². The summed E-state index contributed by atoms with van der Waals surface area (Å²) in [6.45, 7) is 4.41. The lowest BCUT2D eigenvalue weighted by molar-refractivity contribution is -0.116. The minimum Gasteiger partial charge on any atom is -0.338 e. The number of rotatable bonds is 8. The van der Waals surface area contributed by atoms with E-state index in [0.717, 1.165) is 6.42 Å². The minimum absolute atomic E-state index is 0.0561. The van der Waals surface area contributed by atoms with Crippen LogP contribution in [-0.4, -0.2) is 24.3 Å². The van der Waals surface area contributed by atoms with E-state index < -0.39 is 0 Å². The van der Waals surface area contributed by atoms with Crippen molar-refractivity contribution >= 4 is 29.1 Å². The normalized spacial score (nSPS) is 10.1. The molecule has 0 fully saturated rings. The largest absolute Gasteiger partial charge is 0.338 e. The Balaban J connectivity index is 1.86. The lowest BCUT2D eigenvalue weighted by Gasteiger charge is -2.09. The summed E-state index contributed by atoms with van der Waals surface area (Å²) in [4.78, 5) is 35.9. The fourth-order valence-electron chi connectivity index (χ4n) is 2.53. The third-order valence-electron chi connectivity index (χ3n) is 4.00. The predicted molar refractivity (Wildman–Crippen MR) is 107 cm³/mol. The van der Waals surface area contributed by atoms with Gasteiger partial charge in [0.2, 0.25) is 5.91 Å². The molecule has 0 unspecified atom stereocenters. The lowest BCUT2D eigenvalue weighted by Crippen LogP contribution is -2.28. The minimum atomic E-state index is -0.305. The molecule has 2 aromatic rings. The molecule has 27 heavy (non-hydrogen) atoms. The van der Waals surface area contributed by atoms with Gasteiger partial charge in [-0.3, -0.25) is 9.59 Å². The van der Waals surface area contributed by atoms with E-state index in [1.807, 2.05) is 19.1 Å². The number of hydrogen-bond acceptors (Lipinski definition) is 3. The molecule has 0 aromatic heterocycles. The Morgan fingerprint density at radius 1 is 0.852 bits per heavy atom. The molecular formula is C21H25N3O3. The molecule has 0 saturated carbocycles. The van der Waals surface area contributed by atoms with Gasteiger partial charge in [-0.1, -0.05) is 37.3 Å². The van der Waals surface area contributed by atoms with Crippen LogP contribution in [0.25, 0.3) is 0 Å². The number of hydrogen-bond donors (Lipinski definition) is 3. The first kappa shape index (κ1) is 20.2. The SMILES string of the molecule is CCNC(=O)Nc1cccc(NC(=O)CCC(=O)c2ccc(CC)cc2)c1. The zero-order valence-electron chi connectivity index (χ0n) is 15.7. The molecule has 0 atom stereocenters. The highest BCUT2D eigenvalue weighted by Gasteiger charge is 2.10. The molecule has 2 aromatic carbocycles. The Morgan fingerprint density at radius 2 is 1.52 bits per heavy atom. The number of carbonyl (C=O) groups excluding carboxylic acids is 3. The molecule has 0 aliphatic rings. The van der Waals surface area contributed by atoms with Crippen molar-refractivity contribution in [3.05, 3.63) is 59.7 Å². The molecule has 3 N–H and O–H groups in total. The highest BCUT2D eigenvalue weighted by molar-refractivity contribution is 6.00.